The van der Waals surface area contributed by atoms with Crippen molar-refractivity contribution in [3.63, 3.8) is 0 Å². The average molecular weight is 379 g/mol. The smallest absolute Gasteiger partial charge is 0.383 e. The summed E-state index contributed by atoms with van der Waals surface area (Å²) in [5.74, 6) is 0.222. The summed E-state index contributed by atoms with van der Waals surface area (Å²) in [6, 6.07) is 4.68. The van der Waals surface area contributed by atoms with Crippen LogP contribution >= 0.6 is 0 Å². The summed E-state index contributed by atoms with van der Waals surface area (Å²) in [6.07, 6.45) is -3.11. The fourth-order valence-electron chi connectivity index (χ4n) is 3.32. The third-order valence-electron chi connectivity index (χ3n) is 4.66. The molecule has 0 unspecified atom stereocenters. The highest BCUT2D eigenvalue weighted by atomic mass is 32.2. The van der Waals surface area contributed by atoms with Gasteiger partial charge in [-0.2, -0.15) is 13.2 Å². The van der Waals surface area contributed by atoms with E-state index in [0.717, 1.165) is 12.1 Å². The van der Waals surface area contributed by atoms with Crippen LogP contribution in [-0.4, -0.2) is 51.1 Å². The molecule has 2 atom stereocenters. The molecule has 1 aromatic carbocycles. The van der Waals surface area contributed by atoms with Crippen LogP contribution in [0.5, 0.6) is 0 Å². The molecule has 1 saturated heterocycles. The molecule has 1 aliphatic rings. The van der Waals surface area contributed by atoms with Crippen LogP contribution < -0.4 is 0 Å². The molecule has 1 aromatic rings. The summed E-state index contributed by atoms with van der Waals surface area (Å²) >= 11 is 0. The van der Waals surface area contributed by atoms with E-state index < -0.39 is 21.6 Å². The maximum Gasteiger partial charge on any atom is 0.416 e. The Morgan fingerprint density at radius 1 is 1.36 bits per heavy atom. The van der Waals surface area contributed by atoms with E-state index in [0.29, 0.717) is 31.6 Å². The van der Waals surface area contributed by atoms with Crippen LogP contribution in [0.2, 0.25) is 0 Å². The SMILES string of the molecule is COCCN([C@H]1CCCS(=O)(=O)C1)[C@@H](C)c1cccc(C(F)(F)F)c1. The Balaban J connectivity index is 2.28. The second-order valence-corrected chi connectivity index (χ2v) is 8.67. The molecule has 1 fully saturated rings. The lowest BCUT2D eigenvalue weighted by atomic mass is 10.0. The maximum atomic E-state index is 13.0. The van der Waals surface area contributed by atoms with Crippen LogP contribution in [0, 0.1) is 0 Å². The molecular formula is C17H24F3NO3S. The maximum absolute atomic E-state index is 13.0. The molecule has 0 bridgehead atoms. The number of rotatable bonds is 6. The van der Waals surface area contributed by atoms with Crippen molar-refractivity contribution in [1.82, 2.24) is 4.90 Å². The van der Waals surface area contributed by atoms with Crippen LogP contribution in [0.15, 0.2) is 24.3 Å². The predicted octanol–water partition coefficient (Wildman–Crippen LogP) is 3.29. The zero-order chi connectivity index (χ0) is 18.7. The van der Waals surface area contributed by atoms with Gasteiger partial charge in [-0.05, 0) is 37.5 Å². The van der Waals surface area contributed by atoms with Gasteiger partial charge in [0.1, 0.15) is 0 Å². The molecule has 0 amide bonds. The van der Waals surface area contributed by atoms with Gasteiger partial charge in [0.25, 0.3) is 0 Å². The Hall–Kier alpha value is -1.12. The summed E-state index contributed by atoms with van der Waals surface area (Å²) in [6.45, 7) is 2.67. The molecule has 0 aromatic heterocycles. The van der Waals surface area contributed by atoms with Crippen molar-refractivity contribution < 1.29 is 26.3 Å². The van der Waals surface area contributed by atoms with Crippen molar-refractivity contribution in [1.29, 1.82) is 0 Å². The van der Waals surface area contributed by atoms with Crippen molar-refractivity contribution >= 4 is 9.84 Å². The summed E-state index contributed by atoms with van der Waals surface area (Å²) in [4.78, 5) is 1.95. The van der Waals surface area contributed by atoms with E-state index in [4.69, 9.17) is 4.74 Å². The molecule has 1 heterocycles. The van der Waals surface area contributed by atoms with E-state index in [1.165, 1.54) is 6.07 Å². The number of benzene rings is 1. The Kier molecular flexibility index (Phi) is 6.51. The van der Waals surface area contributed by atoms with E-state index in [9.17, 15) is 21.6 Å². The van der Waals surface area contributed by atoms with Gasteiger partial charge in [-0.1, -0.05) is 12.1 Å². The van der Waals surface area contributed by atoms with Gasteiger partial charge < -0.3 is 4.74 Å². The summed E-state index contributed by atoms with van der Waals surface area (Å²) in [5, 5.41) is 0. The van der Waals surface area contributed by atoms with Gasteiger partial charge in [0.15, 0.2) is 9.84 Å². The molecule has 8 heteroatoms. The van der Waals surface area contributed by atoms with Crippen LogP contribution in [0.3, 0.4) is 0 Å². The quantitative estimate of drug-likeness (QED) is 0.761. The van der Waals surface area contributed by atoms with Crippen LogP contribution in [0.1, 0.15) is 36.9 Å². The first kappa shape index (κ1) is 20.2. The van der Waals surface area contributed by atoms with Gasteiger partial charge in [0, 0.05) is 25.7 Å². The van der Waals surface area contributed by atoms with E-state index in [1.54, 1.807) is 13.2 Å². The lowest BCUT2D eigenvalue weighted by Crippen LogP contribution is -2.46. The topological polar surface area (TPSA) is 46.6 Å². The molecule has 142 valence electrons. The van der Waals surface area contributed by atoms with Gasteiger partial charge >= 0.3 is 6.18 Å². The van der Waals surface area contributed by atoms with Crippen molar-refractivity contribution in [2.24, 2.45) is 0 Å². The molecule has 0 saturated carbocycles. The van der Waals surface area contributed by atoms with Gasteiger partial charge in [-0.3, -0.25) is 4.90 Å². The summed E-state index contributed by atoms with van der Waals surface area (Å²) < 4.78 is 68.0. The fourth-order valence-corrected chi connectivity index (χ4v) is 5.03. The van der Waals surface area contributed by atoms with Crippen LogP contribution in [0.4, 0.5) is 13.2 Å². The molecule has 0 radical (unpaired) electrons. The van der Waals surface area contributed by atoms with E-state index >= 15 is 0 Å². The molecule has 4 nitrogen and oxygen atoms in total. The summed E-state index contributed by atoms with van der Waals surface area (Å²) in [7, 11) is -1.57. The number of alkyl halides is 3. The number of hydrogen-bond donors (Lipinski definition) is 0. The van der Waals surface area contributed by atoms with Gasteiger partial charge in [0.05, 0.1) is 23.7 Å². The predicted molar refractivity (Wildman–Crippen MR) is 90.1 cm³/mol. The van der Waals surface area contributed by atoms with Gasteiger partial charge in [0.2, 0.25) is 0 Å². The third kappa shape index (κ3) is 5.43. The molecule has 0 N–H and O–H groups in total. The van der Waals surface area contributed by atoms with Gasteiger partial charge in [-0.25, -0.2) is 8.42 Å². The minimum Gasteiger partial charge on any atom is -0.383 e. The third-order valence-corrected chi connectivity index (χ3v) is 6.46. The normalized spacial score (nSPS) is 22.1. The molecular weight excluding hydrogens is 355 g/mol. The number of sulfone groups is 1. The first-order valence-electron chi connectivity index (χ1n) is 8.26. The largest absolute Gasteiger partial charge is 0.416 e. The molecule has 25 heavy (non-hydrogen) atoms. The lowest BCUT2D eigenvalue weighted by Gasteiger charge is -2.38. The minimum atomic E-state index is -4.40. The first-order valence-corrected chi connectivity index (χ1v) is 10.1. The number of hydrogen-bond acceptors (Lipinski definition) is 4. The fraction of sp³-hybridized carbons (Fsp3) is 0.647. The second kappa shape index (κ2) is 8.05. The standard InChI is InChI=1S/C17H24F3NO3S/c1-13(14-5-3-6-15(11-14)17(18,19)20)21(8-9-24-2)16-7-4-10-25(22,23)12-16/h3,5-6,11,13,16H,4,7-10,12H2,1-2H3/t13-,16-/m0/s1. The monoisotopic (exact) mass is 379 g/mol. The number of ether oxygens (including phenoxy) is 1. The van der Waals surface area contributed by atoms with E-state index in [1.807, 2.05) is 11.8 Å². The Labute approximate surface area is 146 Å². The average Bonchev–Trinajstić information content (AvgIpc) is 2.53. The lowest BCUT2D eigenvalue weighted by molar-refractivity contribution is -0.137. The summed E-state index contributed by atoms with van der Waals surface area (Å²) in [5.41, 5.74) is -0.172. The van der Waals surface area contributed by atoms with Gasteiger partial charge in [-0.15, -0.1) is 0 Å². The first-order chi connectivity index (χ1) is 11.6. The second-order valence-electron chi connectivity index (χ2n) is 6.44. The molecule has 2 rings (SSSR count). The van der Waals surface area contributed by atoms with Crippen molar-refractivity contribution in [2.75, 3.05) is 31.8 Å². The Morgan fingerprint density at radius 2 is 2.08 bits per heavy atom. The Bertz CT molecular complexity index is 676. The van der Waals surface area contributed by atoms with E-state index in [-0.39, 0.29) is 23.6 Å². The van der Waals surface area contributed by atoms with Crippen molar-refractivity contribution in [3.8, 4) is 0 Å². The highest BCUT2D eigenvalue weighted by Gasteiger charge is 2.34. The Morgan fingerprint density at radius 3 is 2.68 bits per heavy atom. The highest BCUT2D eigenvalue weighted by Crippen LogP contribution is 2.33. The number of halogens is 3. The zero-order valence-electron chi connectivity index (χ0n) is 14.4. The number of methoxy groups -OCH3 is 1. The number of nitrogens with zero attached hydrogens (tertiary/aromatic N) is 1. The van der Waals surface area contributed by atoms with E-state index in [2.05, 4.69) is 0 Å². The zero-order valence-corrected chi connectivity index (χ0v) is 15.2. The molecule has 0 aliphatic carbocycles. The van der Waals surface area contributed by atoms with Crippen molar-refractivity contribution in [3.05, 3.63) is 35.4 Å². The minimum absolute atomic E-state index is 0.0417. The van der Waals surface area contributed by atoms with Crippen LogP contribution in [0.25, 0.3) is 0 Å². The molecule has 0 spiro atoms. The highest BCUT2D eigenvalue weighted by molar-refractivity contribution is 7.91. The van der Waals surface area contributed by atoms with Crippen molar-refractivity contribution in [2.45, 2.75) is 38.0 Å². The molecule has 1 aliphatic heterocycles. The van der Waals surface area contributed by atoms with Crippen LogP contribution in [-0.2, 0) is 20.8 Å².